The normalized spacial score (nSPS) is 15.4. The van der Waals surface area contributed by atoms with Crippen molar-refractivity contribution in [2.24, 2.45) is 4.99 Å². The smallest absolute Gasteiger partial charge is 0.156 e. The molecular weight excluding hydrogens is 196 g/mol. The molecule has 0 radical (unpaired) electrons. The molecule has 0 aromatic carbocycles. The van der Waals surface area contributed by atoms with Crippen molar-refractivity contribution in [1.82, 2.24) is 15.3 Å². The van der Waals surface area contributed by atoms with Crippen molar-refractivity contribution < 1.29 is 0 Å². The summed E-state index contributed by atoms with van der Waals surface area (Å²) in [7, 11) is 0. The van der Waals surface area contributed by atoms with Gasteiger partial charge in [-0.2, -0.15) is 0 Å². The Morgan fingerprint density at radius 3 is 3.21 bits per heavy atom. The van der Waals surface area contributed by atoms with E-state index < -0.39 is 0 Å². The molecule has 5 heteroatoms. The molecule has 0 amide bonds. The number of aryl methyl sites for hydroxylation is 1. The Balaban J connectivity index is 1.91. The molecule has 0 bridgehead atoms. The van der Waals surface area contributed by atoms with Gasteiger partial charge in [0.25, 0.3) is 0 Å². The molecule has 1 aliphatic heterocycles. The van der Waals surface area contributed by atoms with Crippen LogP contribution >= 0.6 is 11.8 Å². The van der Waals surface area contributed by atoms with E-state index >= 15 is 0 Å². The third kappa shape index (κ3) is 2.45. The highest BCUT2D eigenvalue weighted by molar-refractivity contribution is 8.14. The molecule has 0 aliphatic carbocycles. The lowest BCUT2D eigenvalue weighted by atomic mass is 10.4. The van der Waals surface area contributed by atoms with E-state index in [0.717, 1.165) is 35.5 Å². The predicted molar refractivity (Wildman–Crippen MR) is 58.4 cm³/mol. The van der Waals surface area contributed by atoms with E-state index in [1.807, 2.05) is 13.0 Å². The number of aliphatic imine (C=N–C) groups is 1. The fourth-order valence-electron chi connectivity index (χ4n) is 1.21. The lowest BCUT2D eigenvalue weighted by Gasteiger charge is -2.04. The Morgan fingerprint density at radius 2 is 2.50 bits per heavy atom. The van der Waals surface area contributed by atoms with Gasteiger partial charge in [-0.25, -0.2) is 9.97 Å². The predicted octanol–water partition coefficient (Wildman–Crippen LogP) is 0.977. The van der Waals surface area contributed by atoms with Crippen LogP contribution in [0, 0.1) is 6.92 Å². The lowest BCUT2D eigenvalue weighted by molar-refractivity contribution is 0.853. The maximum absolute atomic E-state index is 4.30. The Labute approximate surface area is 87.3 Å². The van der Waals surface area contributed by atoms with Crippen molar-refractivity contribution in [1.29, 1.82) is 0 Å². The van der Waals surface area contributed by atoms with Crippen molar-refractivity contribution >= 4 is 16.9 Å². The lowest BCUT2D eigenvalue weighted by Crippen LogP contribution is -2.19. The van der Waals surface area contributed by atoms with Crippen LogP contribution in [-0.4, -0.2) is 27.4 Å². The molecule has 0 unspecified atom stereocenters. The van der Waals surface area contributed by atoms with Crippen molar-refractivity contribution in [2.45, 2.75) is 13.5 Å². The molecule has 0 saturated carbocycles. The summed E-state index contributed by atoms with van der Waals surface area (Å²) in [5.41, 5.74) is 1.01. The highest BCUT2D eigenvalue weighted by Crippen LogP contribution is 2.09. The number of nitrogens with zero attached hydrogens (tertiary/aromatic N) is 3. The number of aromatic nitrogens is 2. The van der Waals surface area contributed by atoms with Crippen LogP contribution in [0.1, 0.15) is 11.5 Å². The zero-order valence-electron chi connectivity index (χ0n) is 8.03. The summed E-state index contributed by atoms with van der Waals surface area (Å²) < 4.78 is 0. The van der Waals surface area contributed by atoms with Gasteiger partial charge in [-0.3, -0.25) is 4.99 Å². The highest BCUT2D eigenvalue weighted by Gasteiger charge is 2.06. The molecular formula is C9H12N4S. The average Bonchev–Trinajstić information content (AvgIpc) is 2.67. The van der Waals surface area contributed by atoms with Crippen molar-refractivity contribution in [3.63, 3.8) is 0 Å². The second-order valence-corrected chi connectivity index (χ2v) is 4.07. The van der Waals surface area contributed by atoms with Gasteiger partial charge in [-0.05, 0) is 13.0 Å². The third-order valence-corrected chi connectivity index (χ3v) is 2.77. The topological polar surface area (TPSA) is 50.2 Å². The van der Waals surface area contributed by atoms with E-state index in [9.17, 15) is 0 Å². The van der Waals surface area contributed by atoms with Crippen LogP contribution in [-0.2, 0) is 6.54 Å². The molecule has 0 saturated heterocycles. The minimum absolute atomic E-state index is 0.731. The summed E-state index contributed by atoms with van der Waals surface area (Å²) in [6, 6.07) is 1.92. The number of hydrogen-bond acceptors (Lipinski definition) is 5. The summed E-state index contributed by atoms with van der Waals surface area (Å²) in [5, 5.41) is 4.28. The van der Waals surface area contributed by atoms with E-state index in [4.69, 9.17) is 0 Å². The molecule has 1 aliphatic rings. The zero-order chi connectivity index (χ0) is 9.80. The fourth-order valence-corrected chi connectivity index (χ4v) is 1.94. The number of nitrogens with one attached hydrogen (secondary N) is 1. The van der Waals surface area contributed by atoms with E-state index in [-0.39, 0.29) is 0 Å². The van der Waals surface area contributed by atoms with Gasteiger partial charge in [0.2, 0.25) is 0 Å². The molecule has 1 aromatic heterocycles. The molecule has 74 valence electrons. The first-order chi connectivity index (χ1) is 6.84. The fraction of sp³-hybridized carbons (Fsp3) is 0.444. The van der Waals surface area contributed by atoms with Crippen LogP contribution < -0.4 is 5.32 Å². The van der Waals surface area contributed by atoms with Crippen LogP contribution in [0.2, 0.25) is 0 Å². The molecule has 4 nitrogen and oxygen atoms in total. The van der Waals surface area contributed by atoms with Crippen LogP contribution in [0.15, 0.2) is 17.3 Å². The third-order valence-electron chi connectivity index (χ3n) is 1.84. The van der Waals surface area contributed by atoms with Gasteiger partial charge in [0.05, 0.1) is 18.8 Å². The summed E-state index contributed by atoms with van der Waals surface area (Å²) in [6.07, 6.45) is 1.78. The highest BCUT2D eigenvalue weighted by atomic mass is 32.2. The van der Waals surface area contributed by atoms with E-state index in [0.29, 0.717) is 0 Å². The molecule has 14 heavy (non-hydrogen) atoms. The Morgan fingerprint density at radius 1 is 1.57 bits per heavy atom. The van der Waals surface area contributed by atoms with Crippen LogP contribution in [0.4, 0.5) is 0 Å². The Bertz CT molecular complexity index is 350. The van der Waals surface area contributed by atoms with Crippen LogP contribution in [0.25, 0.3) is 0 Å². The standard InChI is InChI=1S/C9H12N4S/c1-7-10-3-2-8(13-7)6-12-9-11-4-5-14-9/h2-3H,4-6H2,1H3,(H,11,12). The average molecular weight is 208 g/mol. The van der Waals surface area contributed by atoms with E-state index in [2.05, 4.69) is 20.3 Å². The van der Waals surface area contributed by atoms with Gasteiger partial charge in [0.1, 0.15) is 5.82 Å². The number of amidine groups is 1. The largest absolute Gasteiger partial charge is 0.359 e. The number of thioether (sulfide) groups is 1. The van der Waals surface area contributed by atoms with Gasteiger partial charge in [0.15, 0.2) is 5.17 Å². The summed E-state index contributed by atoms with van der Waals surface area (Å²) in [4.78, 5) is 12.6. The molecule has 2 heterocycles. The summed E-state index contributed by atoms with van der Waals surface area (Å²) in [5.74, 6) is 1.90. The first-order valence-electron chi connectivity index (χ1n) is 4.54. The molecule has 0 spiro atoms. The van der Waals surface area contributed by atoms with Crippen LogP contribution in [0.3, 0.4) is 0 Å². The molecule has 1 aromatic rings. The zero-order valence-corrected chi connectivity index (χ0v) is 8.84. The van der Waals surface area contributed by atoms with Gasteiger partial charge in [-0.15, -0.1) is 0 Å². The maximum atomic E-state index is 4.30. The SMILES string of the molecule is Cc1nccc(CNC2=NCCS2)n1. The Hall–Kier alpha value is -1.10. The number of hydrogen-bond donors (Lipinski definition) is 1. The van der Waals surface area contributed by atoms with Gasteiger partial charge in [0, 0.05) is 11.9 Å². The maximum Gasteiger partial charge on any atom is 0.156 e. The Kier molecular flexibility index (Phi) is 2.98. The van der Waals surface area contributed by atoms with E-state index in [1.54, 1.807) is 18.0 Å². The van der Waals surface area contributed by atoms with Gasteiger partial charge in [-0.1, -0.05) is 11.8 Å². The monoisotopic (exact) mass is 208 g/mol. The second kappa shape index (κ2) is 4.41. The summed E-state index contributed by atoms with van der Waals surface area (Å²) in [6.45, 7) is 3.55. The first-order valence-corrected chi connectivity index (χ1v) is 5.53. The second-order valence-electron chi connectivity index (χ2n) is 2.98. The molecule has 2 rings (SSSR count). The molecule has 1 N–H and O–H groups in total. The minimum Gasteiger partial charge on any atom is -0.359 e. The van der Waals surface area contributed by atoms with Crippen molar-refractivity contribution in [2.75, 3.05) is 12.3 Å². The van der Waals surface area contributed by atoms with Crippen molar-refractivity contribution in [3.05, 3.63) is 23.8 Å². The van der Waals surface area contributed by atoms with Gasteiger partial charge >= 0.3 is 0 Å². The summed E-state index contributed by atoms with van der Waals surface area (Å²) >= 11 is 1.76. The quantitative estimate of drug-likeness (QED) is 0.787. The first kappa shape index (κ1) is 9.45. The number of rotatable bonds is 2. The van der Waals surface area contributed by atoms with Gasteiger partial charge < -0.3 is 5.32 Å². The van der Waals surface area contributed by atoms with Crippen LogP contribution in [0.5, 0.6) is 0 Å². The molecule has 0 fully saturated rings. The minimum atomic E-state index is 0.731. The van der Waals surface area contributed by atoms with Crippen molar-refractivity contribution in [3.8, 4) is 0 Å². The van der Waals surface area contributed by atoms with E-state index in [1.165, 1.54) is 0 Å². The molecule has 0 atom stereocenters.